The zero-order valence-corrected chi connectivity index (χ0v) is 9.99. The molecule has 5 nitrogen and oxygen atoms in total. The molecule has 5 heteroatoms. The molecule has 0 aliphatic heterocycles. The van der Waals surface area contributed by atoms with Crippen LogP contribution in [0.1, 0.15) is 32.9 Å². The molecular formula is C10H21N5. The maximum absolute atomic E-state index is 5.53. The first-order valence-electron chi connectivity index (χ1n) is 5.22. The predicted octanol–water partition coefficient (Wildman–Crippen LogP) is 0.626. The fourth-order valence-electron chi connectivity index (χ4n) is 1.67. The standard InChI is InChI=1S/C10H21N5/c1-10(2,3)6-8(12-11)5-9-7-15(4)14-13-9/h7-8,12H,5-6,11H2,1-4H3. The molecule has 3 N–H and O–H groups in total. The summed E-state index contributed by atoms with van der Waals surface area (Å²) >= 11 is 0. The molecule has 1 atom stereocenters. The van der Waals surface area contributed by atoms with E-state index in [-0.39, 0.29) is 11.5 Å². The molecule has 0 aromatic carbocycles. The van der Waals surface area contributed by atoms with Gasteiger partial charge in [-0.05, 0) is 11.8 Å². The van der Waals surface area contributed by atoms with Gasteiger partial charge in [0.2, 0.25) is 0 Å². The molecule has 0 bridgehead atoms. The van der Waals surface area contributed by atoms with Crippen molar-refractivity contribution >= 4 is 0 Å². The lowest BCUT2D eigenvalue weighted by atomic mass is 9.87. The molecule has 1 heterocycles. The number of nitrogens with two attached hydrogens (primary N) is 1. The third kappa shape index (κ3) is 4.40. The van der Waals surface area contributed by atoms with Crippen molar-refractivity contribution in [2.45, 2.75) is 39.7 Å². The second kappa shape index (κ2) is 4.72. The monoisotopic (exact) mass is 211 g/mol. The first kappa shape index (κ1) is 12.1. The Morgan fingerprint density at radius 1 is 1.53 bits per heavy atom. The topological polar surface area (TPSA) is 68.8 Å². The molecule has 86 valence electrons. The van der Waals surface area contributed by atoms with Crippen LogP contribution in [0, 0.1) is 5.41 Å². The van der Waals surface area contributed by atoms with Crippen molar-refractivity contribution < 1.29 is 0 Å². The molecule has 0 aliphatic rings. The van der Waals surface area contributed by atoms with E-state index in [2.05, 4.69) is 36.5 Å². The van der Waals surface area contributed by atoms with Gasteiger partial charge >= 0.3 is 0 Å². The molecule has 0 fully saturated rings. The summed E-state index contributed by atoms with van der Waals surface area (Å²) in [6.07, 6.45) is 3.76. The Balaban J connectivity index is 2.54. The Bertz CT molecular complexity index is 299. The molecule has 15 heavy (non-hydrogen) atoms. The van der Waals surface area contributed by atoms with Crippen LogP contribution in [-0.2, 0) is 13.5 Å². The third-order valence-electron chi connectivity index (χ3n) is 2.20. The third-order valence-corrected chi connectivity index (χ3v) is 2.20. The highest BCUT2D eigenvalue weighted by Gasteiger charge is 2.18. The van der Waals surface area contributed by atoms with Gasteiger partial charge in [0.15, 0.2) is 0 Å². The van der Waals surface area contributed by atoms with E-state index in [9.17, 15) is 0 Å². The summed E-state index contributed by atoms with van der Waals surface area (Å²) < 4.78 is 1.71. The van der Waals surface area contributed by atoms with Crippen LogP contribution in [0.5, 0.6) is 0 Å². The van der Waals surface area contributed by atoms with Gasteiger partial charge in [0.25, 0.3) is 0 Å². The van der Waals surface area contributed by atoms with Crippen molar-refractivity contribution in [2.75, 3.05) is 0 Å². The summed E-state index contributed by atoms with van der Waals surface area (Å²) in [6, 6.07) is 0.252. The number of hydrogen-bond donors (Lipinski definition) is 2. The molecule has 0 saturated carbocycles. The van der Waals surface area contributed by atoms with Gasteiger partial charge in [-0.25, -0.2) is 0 Å². The Kier molecular flexibility index (Phi) is 3.82. The number of hydrazine groups is 1. The van der Waals surface area contributed by atoms with E-state index in [0.29, 0.717) is 0 Å². The summed E-state index contributed by atoms with van der Waals surface area (Å²) in [6.45, 7) is 6.61. The Labute approximate surface area is 91.0 Å². The number of hydrogen-bond acceptors (Lipinski definition) is 4. The molecule has 1 aromatic rings. The van der Waals surface area contributed by atoms with Crippen molar-refractivity contribution in [1.82, 2.24) is 20.4 Å². The molecule has 1 aromatic heterocycles. The van der Waals surface area contributed by atoms with Gasteiger partial charge in [-0.1, -0.05) is 26.0 Å². The molecule has 0 spiro atoms. The molecule has 0 radical (unpaired) electrons. The highest BCUT2D eigenvalue weighted by atomic mass is 15.4. The van der Waals surface area contributed by atoms with Gasteiger partial charge in [-0.2, -0.15) is 0 Å². The lowest BCUT2D eigenvalue weighted by molar-refractivity contribution is 0.307. The van der Waals surface area contributed by atoms with Crippen LogP contribution in [-0.4, -0.2) is 21.0 Å². The number of nitrogens with one attached hydrogen (secondary N) is 1. The first-order chi connectivity index (χ1) is 6.90. The quantitative estimate of drug-likeness (QED) is 0.566. The maximum atomic E-state index is 5.53. The van der Waals surface area contributed by atoms with E-state index in [0.717, 1.165) is 18.5 Å². The van der Waals surface area contributed by atoms with Crippen molar-refractivity contribution in [3.8, 4) is 0 Å². The fraction of sp³-hybridized carbons (Fsp3) is 0.800. The van der Waals surface area contributed by atoms with Crippen LogP contribution in [0.2, 0.25) is 0 Å². The SMILES string of the molecule is Cn1cc(CC(CC(C)(C)C)NN)nn1. The van der Waals surface area contributed by atoms with Gasteiger partial charge < -0.3 is 0 Å². The van der Waals surface area contributed by atoms with Crippen LogP contribution in [0.4, 0.5) is 0 Å². The second-order valence-corrected chi connectivity index (χ2v) is 5.22. The molecule has 0 amide bonds. The van der Waals surface area contributed by atoms with Gasteiger partial charge in [-0.15, -0.1) is 5.10 Å². The van der Waals surface area contributed by atoms with Crippen molar-refractivity contribution in [2.24, 2.45) is 18.3 Å². The fourth-order valence-corrected chi connectivity index (χ4v) is 1.67. The predicted molar refractivity (Wildman–Crippen MR) is 59.9 cm³/mol. The summed E-state index contributed by atoms with van der Waals surface area (Å²) in [5.74, 6) is 5.53. The summed E-state index contributed by atoms with van der Waals surface area (Å²) in [5, 5.41) is 7.95. The van der Waals surface area contributed by atoms with Crippen LogP contribution in [0.15, 0.2) is 6.20 Å². The number of aryl methyl sites for hydroxylation is 1. The minimum absolute atomic E-state index is 0.252. The van der Waals surface area contributed by atoms with E-state index >= 15 is 0 Å². The molecule has 1 unspecified atom stereocenters. The zero-order chi connectivity index (χ0) is 11.5. The van der Waals surface area contributed by atoms with Crippen molar-refractivity contribution in [1.29, 1.82) is 0 Å². The minimum Gasteiger partial charge on any atom is -0.271 e. The van der Waals surface area contributed by atoms with Crippen LogP contribution in [0.3, 0.4) is 0 Å². The minimum atomic E-state index is 0.252. The highest BCUT2D eigenvalue weighted by molar-refractivity contribution is 4.96. The molecule has 0 aliphatic carbocycles. The molecule has 0 saturated heterocycles. The average Bonchev–Trinajstić information content (AvgIpc) is 2.47. The van der Waals surface area contributed by atoms with Crippen LogP contribution in [0.25, 0.3) is 0 Å². The summed E-state index contributed by atoms with van der Waals surface area (Å²) in [7, 11) is 1.87. The number of nitrogens with zero attached hydrogens (tertiary/aromatic N) is 3. The molecule has 1 rings (SSSR count). The summed E-state index contributed by atoms with van der Waals surface area (Å²) in [5.41, 5.74) is 4.08. The highest BCUT2D eigenvalue weighted by Crippen LogP contribution is 2.21. The van der Waals surface area contributed by atoms with Gasteiger partial charge in [0.05, 0.1) is 5.69 Å². The smallest absolute Gasteiger partial charge is 0.0843 e. The van der Waals surface area contributed by atoms with Crippen molar-refractivity contribution in [3.05, 3.63) is 11.9 Å². The lowest BCUT2D eigenvalue weighted by Crippen LogP contribution is -2.39. The van der Waals surface area contributed by atoms with Gasteiger partial charge in [0, 0.05) is 25.7 Å². The normalized spacial score (nSPS) is 14.2. The van der Waals surface area contributed by atoms with Gasteiger partial charge in [0.1, 0.15) is 0 Å². The first-order valence-corrected chi connectivity index (χ1v) is 5.22. The van der Waals surface area contributed by atoms with Crippen LogP contribution < -0.4 is 11.3 Å². The number of aromatic nitrogens is 3. The second-order valence-electron chi connectivity index (χ2n) is 5.22. The molecular weight excluding hydrogens is 190 g/mol. The van der Waals surface area contributed by atoms with Crippen LogP contribution >= 0.6 is 0 Å². The average molecular weight is 211 g/mol. The Hall–Kier alpha value is -0.940. The lowest BCUT2D eigenvalue weighted by Gasteiger charge is -2.24. The maximum Gasteiger partial charge on any atom is 0.0843 e. The van der Waals surface area contributed by atoms with E-state index in [1.807, 2.05) is 13.2 Å². The Morgan fingerprint density at radius 2 is 2.20 bits per heavy atom. The summed E-state index contributed by atoms with van der Waals surface area (Å²) in [4.78, 5) is 0. The largest absolute Gasteiger partial charge is 0.271 e. The van der Waals surface area contributed by atoms with E-state index < -0.39 is 0 Å². The van der Waals surface area contributed by atoms with E-state index in [1.165, 1.54) is 0 Å². The Morgan fingerprint density at radius 3 is 2.60 bits per heavy atom. The number of rotatable bonds is 4. The van der Waals surface area contributed by atoms with E-state index in [4.69, 9.17) is 5.84 Å². The van der Waals surface area contributed by atoms with Crippen molar-refractivity contribution in [3.63, 3.8) is 0 Å². The van der Waals surface area contributed by atoms with E-state index in [1.54, 1.807) is 4.68 Å². The zero-order valence-electron chi connectivity index (χ0n) is 9.99. The van der Waals surface area contributed by atoms with Gasteiger partial charge in [-0.3, -0.25) is 16.0 Å².